The van der Waals surface area contributed by atoms with Crippen LogP contribution in [0, 0.1) is 36.4 Å². The number of hydrazone groups is 1. The summed E-state index contributed by atoms with van der Waals surface area (Å²) in [6, 6.07) is 0.994. The van der Waals surface area contributed by atoms with Crippen molar-refractivity contribution in [3.05, 3.63) is 86.7 Å². The van der Waals surface area contributed by atoms with E-state index in [1.807, 2.05) is 25.9 Å². The minimum atomic E-state index is -2.04. The molecule has 2 saturated heterocycles. The van der Waals surface area contributed by atoms with E-state index in [0.717, 1.165) is 32.2 Å². The van der Waals surface area contributed by atoms with Crippen molar-refractivity contribution in [3.8, 4) is 28.7 Å². The smallest absolute Gasteiger partial charge is 0.341 e. The molecule has 2 fully saturated rings. The summed E-state index contributed by atoms with van der Waals surface area (Å²) in [5.74, 6) is -9.89. The maximum absolute atomic E-state index is 15.0. The summed E-state index contributed by atoms with van der Waals surface area (Å²) in [6.07, 6.45) is 6.20. The Hall–Kier alpha value is -7.77. The average Bonchev–Trinajstić information content (AvgIpc) is 1.83. The molecule has 85 heavy (non-hydrogen) atoms. The van der Waals surface area contributed by atoms with Gasteiger partial charge in [-0.15, -0.1) is 0 Å². The molecule has 7 heterocycles. The summed E-state index contributed by atoms with van der Waals surface area (Å²) in [6.45, 7) is 20.2. The Morgan fingerprint density at radius 2 is 1.51 bits per heavy atom. The molecule has 24 heteroatoms. The third-order valence-electron chi connectivity index (χ3n) is 17.1. The number of allylic oxidation sites excluding steroid dienone is 2. The fraction of sp³-hybridized carbons (Fsp3) is 0.508. The van der Waals surface area contributed by atoms with Crippen molar-refractivity contribution in [1.29, 1.82) is 0 Å². The molecule has 7 N–H and O–H groups in total. The predicted molar refractivity (Wildman–Crippen MR) is 316 cm³/mol. The zero-order chi connectivity index (χ0) is 62.3. The van der Waals surface area contributed by atoms with E-state index in [0.29, 0.717) is 43.1 Å². The number of likely N-dealkylation sites (N-methyl/N-ethyl adjacent to an activating group) is 2. The van der Waals surface area contributed by atoms with E-state index in [4.69, 9.17) is 23.7 Å². The lowest BCUT2D eigenvalue weighted by atomic mass is 9.78. The predicted octanol–water partition coefficient (Wildman–Crippen LogP) is 5.88. The van der Waals surface area contributed by atoms with Gasteiger partial charge in [0, 0.05) is 120 Å². The summed E-state index contributed by atoms with van der Waals surface area (Å²) in [4.78, 5) is 70.7. The molecule has 10 rings (SSSR count). The number of pyridine rings is 1. The number of rotatable bonds is 6. The second kappa shape index (κ2) is 25.4. The van der Waals surface area contributed by atoms with Crippen LogP contribution in [0.1, 0.15) is 93.3 Å². The normalized spacial score (nSPS) is 28.5. The van der Waals surface area contributed by atoms with E-state index in [1.54, 1.807) is 49.4 Å². The largest absolute Gasteiger partial charge is 0.507 e. The standard InChI is InChI=1S/C43H58N4O12.C18H20FN3O4/c1-21-12-11-13-22(2)42(55)45-33-28(20-44-47-17-15-46(9)16-18-47)37(52)30-31(38(33)53)36(51)26(6)40-32(30)41(54)43(8,59-40)57-19-14-29(56-10)23(3)39(58-27(7)48)25(5)35(50)24(4)34(21)49;1-10-9-26-17-14-11(16(23)12(18(24)25)8-22(10)14)7-13(19)15(17)21-5-3-20(2)4-6-21/h11-14,19-21,23-25,29,34-35,39,49-53H,15-18H2,1-10H3,(H,45,55);7-8,10H,3-6,9H2,1-2H3,(H,24,25)/b12-11+,19-14+,22-13-,44-20-;/t21-,23-,24-,25-,29+,34+,35+,39-,43+;/m1./s1. The van der Waals surface area contributed by atoms with Crippen LogP contribution in [0.3, 0.4) is 0 Å². The summed E-state index contributed by atoms with van der Waals surface area (Å²) >= 11 is 0. The second-order valence-corrected chi connectivity index (χ2v) is 23.1. The number of aromatic hydroxyl groups is 3. The average molecular weight is 1180 g/mol. The van der Waals surface area contributed by atoms with Crippen molar-refractivity contribution in [2.75, 3.05) is 90.4 Å². The first kappa shape index (κ1) is 63.3. The van der Waals surface area contributed by atoms with E-state index in [1.165, 1.54) is 65.6 Å². The van der Waals surface area contributed by atoms with Gasteiger partial charge in [-0.3, -0.25) is 24.2 Å². The number of phenols is 3. The number of hydrogen-bond acceptors (Lipinski definition) is 20. The van der Waals surface area contributed by atoms with Gasteiger partial charge in [-0.2, -0.15) is 5.10 Å². The van der Waals surface area contributed by atoms with Crippen LogP contribution >= 0.6 is 0 Å². The van der Waals surface area contributed by atoms with Crippen molar-refractivity contribution < 1.29 is 77.9 Å². The number of ketones is 1. The van der Waals surface area contributed by atoms with E-state index < -0.39 is 106 Å². The van der Waals surface area contributed by atoms with Crippen LogP contribution in [0.2, 0.25) is 0 Å². The van der Waals surface area contributed by atoms with E-state index in [-0.39, 0.29) is 68.1 Å². The van der Waals surface area contributed by atoms with Crippen LogP contribution in [-0.2, 0) is 23.8 Å². The van der Waals surface area contributed by atoms with E-state index in [2.05, 4.69) is 20.2 Å². The third-order valence-corrected chi connectivity index (χ3v) is 17.1. The number of methoxy groups -OCH3 is 1. The molecule has 0 radical (unpaired) electrons. The van der Waals surface area contributed by atoms with Crippen LogP contribution in [0.5, 0.6) is 28.7 Å². The number of hydrogen-bond donors (Lipinski definition) is 7. The maximum atomic E-state index is 15.0. The number of anilines is 2. The Kier molecular flexibility index (Phi) is 18.9. The molecule has 23 nitrogen and oxygen atoms in total. The van der Waals surface area contributed by atoms with Gasteiger partial charge in [0.1, 0.15) is 41.2 Å². The molecule has 460 valence electrons. The fourth-order valence-electron chi connectivity index (χ4n) is 11.6. The van der Waals surface area contributed by atoms with Gasteiger partial charge in [-0.1, -0.05) is 45.9 Å². The number of piperazine rings is 2. The molecule has 6 aliphatic heterocycles. The van der Waals surface area contributed by atoms with Gasteiger partial charge in [-0.05, 0) is 47.0 Å². The number of nitrogens with zero attached hydrogens (tertiary/aromatic N) is 6. The highest BCUT2D eigenvalue weighted by atomic mass is 19.1. The van der Waals surface area contributed by atoms with E-state index in [9.17, 15) is 59.0 Å². The number of Topliss-reactive ketones (excluding diaryl/α,β-unsaturated/α-hetero) is 1. The van der Waals surface area contributed by atoms with Gasteiger partial charge < -0.3 is 78.9 Å². The minimum absolute atomic E-state index is 0.0434. The monoisotopic (exact) mass is 1180 g/mol. The lowest BCUT2D eigenvalue weighted by Gasteiger charge is -2.38. The van der Waals surface area contributed by atoms with Crippen LogP contribution in [0.4, 0.5) is 15.8 Å². The number of amides is 1. The van der Waals surface area contributed by atoms with Gasteiger partial charge in [0.15, 0.2) is 17.3 Å². The minimum Gasteiger partial charge on any atom is -0.507 e. The molecule has 1 unspecified atom stereocenters. The van der Waals surface area contributed by atoms with Crippen molar-refractivity contribution in [2.45, 2.75) is 98.6 Å². The van der Waals surface area contributed by atoms with Crippen molar-refractivity contribution in [3.63, 3.8) is 0 Å². The summed E-state index contributed by atoms with van der Waals surface area (Å²) in [5, 5.41) is 76.2. The van der Waals surface area contributed by atoms with Gasteiger partial charge in [0.2, 0.25) is 5.43 Å². The number of ether oxygens (including phenoxy) is 5. The van der Waals surface area contributed by atoms with Crippen molar-refractivity contribution in [1.82, 2.24) is 19.4 Å². The Morgan fingerprint density at radius 3 is 2.13 bits per heavy atom. The number of carboxylic acids is 1. The zero-order valence-corrected chi connectivity index (χ0v) is 50.0. The molecule has 0 aliphatic carbocycles. The van der Waals surface area contributed by atoms with Crippen molar-refractivity contribution >= 4 is 62.9 Å². The molecule has 6 aliphatic rings. The Labute approximate surface area is 491 Å². The van der Waals surface area contributed by atoms with Gasteiger partial charge in [0.05, 0.1) is 69.9 Å². The number of esters is 1. The number of aliphatic hydroxyl groups is 2. The Morgan fingerprint density at radius 1 is 0.859 bits per heavy atom. The number of aliphatic hydroxyl groups excluding tert-OH is 2. The number of aromatic nitrogens is 1. The third kappa shape index (κ3) is 12.4. The lowest BCUT2D eigenvalue weighted by molar-refractivity contribution is -0.160. The van der Waals surface area contributed by atoms with E-state index >= 15 is 0 Å². The quantitative estimate of drug-likeness (QED) is 0.0513. The number of aromatic carboxylic acids is 1. The molecule has 1 aromatic heterocycles. The molecular weight excluding hydrogens is 1110 g/mol. The molecular formula is C61H78FN7O16. The highest BCUT2D eigenvalue weighted by Gasteiger charge is 2.50. The SMILES string of the molecule is CC1COc2c(N3CCN(C)CC3)c(F)cc3c(=O)c(C(=O)O)cn1c23.CO[C@H]1/C=C/O[C@@]2(C)Oc3c(C)c(O)c4c(O)c(c(/C=N\N5CCN(C)CC5)c(O)c4c3C2=O)NC(=O)/C(C)=C\C=C\[C@@H](C)[C@H](O)[C@@H](C)[C@H](O)[C@@H](C)[C@H](OC(C)=O)[C@@H]1C. The maximum Gasteiger partial charge on any atom is 0.341 e. The van der Waals surface area contributed by atoms with Gasteiger partial charge in [0.25, 0.3) is 11.7 Å². The highest BCUT2D eigenvalue weighted by molar-refractivity contribution is 6.24. The van der Waals surface area contributed by atoms with Gasteiger partial charge >= 0.3 is 17.7 Å². The summed E-state index contributed by atoms with van der Waals surface area (Å²) in [7, 11) is 5.44. The number of fused-ring (bicyclic) bond motifs is 14. The number of carbonyl (C=O) groups excluding carboxylic acids is 3. The number of nitrogens with one attached hydrogen (secondary N) is 1. The first-order chi connectivity index (χ1) is 40.1. The van der Waals surface area contributed by atoms with Crippen LogP contribution in [0.25, 0.3) is 21.7 Å². The molecule has 4 aromatic rings. The molecule has 5 bridgehead atoms. The summed E-state index contributed by atoms with van der Waals surface area (Å²) in [5.41, 5.74) is -0.574. The molecule has 10 atom stereocenters. The summed E-state index contributed by atoms with van der Waals surface area (Å²) < 4.78 is 46.2. The van der Waals surface area contributed by atoms with Crippen LogP contribution in [-0.4, -0.2) is 190 Å². The number of phenolic OH excluding ortho intramolecular Hbond substituents is 3. The Balaban J connectivity index is 0.000000298. The van der Waals surface area contributed by atoms with Gasteiger partial charge in [-0.25, -0.2) is 9.18 Å². The number of benzene rings is 3. The molecule has 0 saturated carbocycles. The van der Waals surface area contributed by atoms with Crippen LogP contribution in [0.15, 0.2) is 58.3 Å². The van der Waals surface area contributed by atoms with Crippen molar-refractivity contribution in [2.24, 2.45) is 28.8 Å². The molecule has 0 spiro atoms. The Bertz CT molecular complexity index is 3460. The topological polar surface area (TPSA) is 295 Å². The number of carboxylic acid groups (broad SMARTS) is 1. The molecule has 1 amide bonds. The number of carbonyl (C=O) groups is 4. The first-order valence-electron chi connectivity index (χ1n) is 28.4. The molecule has 3 aromatic carbocycles. The zero-order valence-electron chi connectivity index (χ0n) is 50.0. The van der Waals surface area contributed by atoms with Crippen LogP contribution < -0.4 is 25.1 Å². The highest BCUT2D eigenvalue weighted by Crippen LogP contribution is 2.55. The number of halogens is 1. The second-order valence-electron chi connectivity index (χ2n) is 23.1. The first-order valence-corrected chi connectivity index (χ1v) is 28.4. The fourth-order valence-corrected chi connectivity index (χ4v) is 11.6. The lowest BCUT2D eigenvalue weighted by Crippen LogP contribution is -2.46.